The summed E-state index contributed by atoms with van der Waals surface area (Å²) < 4.78 is 50.5. The first-order valence-electron chi connectivity index (χ1n) is 7.82. The van der Waals surface area contributed by atoms with E-state index in [1.165, 1.54) is 48.7 Å². The molecule has 142 valence electrons. The minimum absolute atomic E-state index is 0.0117. The summed E-state index contributed by atoms with van der Waals surface area (Å²) in [6, 6.07) is 9.66. The first kappa shape index (κ1) is 19.1. The Hall–Kier alpha value is -2.65. The summed E-state index contributed by atoms with van der Waals surface area (Å²) in [5.74, 6) is 0.599. The number of nitrogens with zero attached hydrogens (tertiary/aromatic N) is 3. The molecule has 0 spiro atoms. The standard InChI is InChI=1S/C17H15ClFN3O4S/c1-12-10-17(21-26-12)22(8-9-25-14-4-2-13(19)3-5-14)27(23,24)15-6-7-16(18)20-11-15/h2-7,10-11H,8-9H2,1H3. The highest BCUT2D eigenvalue weighted by atomic mass is 35.5. The van der Waals surface area contributed by atoms with Gasteiger partial charge in [-0.05, 0) is 43.3 Å². The number of benzene rings is 1. The molecule has 2 heterocycles. The van der Waals surface area contributed by atoms with Crippen molar-refractivity contribution in [1.82, 2.24) is 10.1 Å². The van der Waals surface area contributed by atoms with Gasteiger partial charge in [-0.15, -0.1) is 0 Å². The van der Waals surface area contributed by atoms with Gasteiger partial charge in [-0.3, -0.25) is 0 Å². The van der Waals surface area contributed by atoms with Gasteiger partial charge in [-0.2, -0.15) is 0 Å². The molecule has 27 heavy (non-hydrogen) atoms. The number of ether oxygens (including phenoxy) is 1. The van der Waals surface area contributed by atoms with Crippen molar-refractivity contribution in [3.63, 3.8) is 0 Å². The highest BCUT2D eigenvalue weighted by Crippen LogP contribution is 2.23. The van der Waals surface area contributed by atoms with Gasteiger partial charge in [0.05, 0.1) is 6.54 Å². The van der Waals surface area contributed by atoms with E-state index >= 15 is 0 Å². The number of hydrogen-bond acceptors (Lipinski definition) is 6. The lowest BCUT2D eigenvalue weighted by atomic mass is 10.3. The Morgan fingerprint density at radius 2 is 1.96 bits per heavy atom. The summed E-state index contributed by atoms with van der Waals surface area (Å²) in [4.78, 5) is 3.76. The predicted octanol–water partition coefficient (Wildman–Crippen LogP) is 3.44. The van der Waals surface area contributed by atoms with Crippen LogP contribution in [0.1, 0.15) is 5.76 Å². The number of pyridine rings is 1. The molecule has 0 N–H and O–H groups in total. The Morgan fingerprint density at radius 3 is 2.56 bits per heavy atom. The third-order valence-electron chi connectivity index (χ3n) is 3.54. The molecule has 10 heteroatoms. The second-order valence-electron chi connectivity index (χ2n) is 5.49. The number of hydrogen-bond donors (Lipinski definition) is 0. The van der Waals surface area contributed by atoms with E-state index < -0.39 is 10.0 Å². The molecule has 0 unspecified atom stereocenters. The van der Waals surface area contributed by atoms with Gasteiger partial charge in [-0.1, -0.05) is 16.8 Å². The molecule has 0 radical (unpaired) electrons. The topological polar surface area (TPSA) is 85.5 Å². The van der Waals surface area contributed by atoms with E-state index in [4.69, 9.17) is 20.9 Å². The predicted molar refractivity (Wildman–Crippen MR) is 96.9 cm³/mol. The van der Waals surface area contributed by atoms with Gasteiger partial charge in [-0.25, -0.2) is 22.1 Å². The van der Waals surface area contributed by atoms with Crippen LogP contribution >= 0.6 is 11.6 Å². The van der Waals surface area contributed by atoms with Crippen molar-refractivity contribution >= 4 is 27.4 Å². The first-order valence-corrected chi connectivity index (χ1v) is 9.64. The number of aryl methyl sites for hydroxylation is 1. The zero-order valence-corrected chi connectivity index (χ0v) is 15.7. The number of rotatable bonds is 7. The molecule has 0 aliphatic carbocycles. The molecule has 3 rings (SSSR count). The number of anilines is 1. The Labute approximate surface area is 160 Å². The molecular formula is C17H15ClFN3O4S. The normalized spacial score (nSPS) is 11.4. The quantitative estimate of drug-likeness (QED) is 0.553. The van der Waals surface area contributed by atoms with Crippen molar-refractivity contribution < 1.29 is 22.1 Å². The van der Waals surface area contributed by atoms with E-state index in [0.29, 0.717) is 11.5 Å². The molecule has 0 saturated carbocycles. The van der Waals surface area contributed by atoms with E-state index in [9.17, 15) is 12.8 Å². The van der Waals surface area contributed by atoms with Gasteiger partial charge in [0.1, 0.15) is 34.0 Å². The van der Waals surface area contributed by atoms with Crippen LogP contribution in [-0.4, -0.2) is 31.7 Å². The van der Waals surface area contributed by atoms with Gasteiger partial charge >= 0.3 is 0 Å². The summed E-state index contributed by atoms with van der Waals surface area (Å²) in [5, 5.41) is 3.96. The molecule has 0 saturated heterocycles. The summed E-state index contributed by atoms with van der Waals surface area (Å²) in [6.07, 6.45) is 1.17. The maximum atomic E-state index is 13.0. The monoisotopic (exact) mass is 411 g/mol. The van der Waals surface area contributed by atoms with Crippen molar-refractivity contribution in [3.8, 4) is 5.75 Å². The van der Waals surface area contributed by atoms with E-state index in [1.54, 1.807) is 6.92 Å². The second-order valence-corrected chi connectivity index (χ2v) is 7.74. The van der Waals surface area contributed by atoms with Crippen LogP contribution in [0.4, 0.5) is 10.2 Å². The SMILES string of the molecule is Cc1cc(N(CCOc2ccc(F)cc2)S(=O)(=O)c2ccc(Cl)nc2)no1. The highest BCUT2D eigenvalue weighted by molar-refractivity contribution is 7.92. The Morgan fingerprint density at radius 1 is 1.22 bits per heavy atom. The van der Waals surface area contributed by atoms with E-state index in [2.05, 4.69) is 10.1 Å². The summed E-state index contributed by atoms with van der Waals surface area (Å²) >= 11 is 5.73. The van der Waals surface area contributed by atoms with Crippen LogP contribution in [-0.2, 0) is 10.0 Å². The summed E-state index contributed by atoms with van der Waals surface area (Å²) in [7, 11) is -3.97. The zero-order chi connectivity index (χ0) is 19.4. The van der Waals surface area contributed by atoms with Gasteiger partial charge in [0.15, 0.2) is 5.82 Å². The lowest BCUT2D eigenvalue weighted by molar-refractivity contribution is 0.327. The molecule has 2 aromatic heterocycles. The molecule has 0 atom stereocenters. The van der Waals surface area contributed by atoms with E-state index in [0.717, 1.165) is 4.31 Å². The van der Waals surface area contributed by atoms with Crippen molar-refractivity contribution in [3.05, 3.63) is 65.4 Å². The van der Waals surface area contributed by atoms with Crippen molar-refractivity contribution in [2.24, 2.45) is 0 Å². The Kier molecular flexibility index (Phi) is 5.62. The van der Waals surface area contributed by atoms with Crippen molar-refractivity contribution in [2.45, 2.75) is 11.8 Å². The molecule has 1 aromatic carbocycles. The van der Waals surface area contributed by atoms with E-state index in [1.807, 2.05) is 0 Å². The van der Waals surface area contributed by atoms with Crippen molar-refractivity contribution in [2.75, 3.05) is 17.5 Å². The van der Waals surface area contributed by atoms with Gasteiger partial charge < -0.3 is 9.26 Å². The highest BCUT2D eigenvalue weighted by Gasteiger charge is 2.27. The first-order chi connectivity index (χ1) is 12.9. The minimum Gasteiger partial charge on any atom is -0.492 e. The third-order valence-corrected chi connectivity index (χ3v) is 5.55. The zero-order valence-electron chi connectivity index (χ0n) is 14.2. The van der Waals surface area contributed by atoms with Gasteiger partial charge in [0.25, 0.3) is 10.0 Å². The van der Waals surface area contributed by atoms with Crippen LogP contribution < -0.4 is 9.04 Å². The Bertz CT molecular complexity index is 1010. The number of aromatic nitrogens is 2. The van der Waals surface area contributed by atoms with Crippen molar-refractivity contribution in [1.29, 1.82) is 0 Å². The fraction of sp³-hybridized carbons (Fsp3) is 0.176. The minimum atomic E-state index is -3.97. The van der Waals surface area contributed by atoms with Gasteiger partial charge in [0.2, 0.25) is 0 Å². The average molecular weight is 412 g/mol. The molecule has 7 nitrogen and oxygen atoms in total. The molecule has 0 bridgehead atoms. The van der Waals surface area contributed by atoms with Crippen LogP contribution in [0.2, 0.25) is 5.15 Å². The molecule has 0 fully saturated rings. The fourth-order valence-corrected chi connectivity index (χ4v) is 3.69. The van der Waals surface area contributed by atoms with Gasteiger partial charge in [0, 0.05) is 12.3 Å². The molecule has 0 aliphatic heterocycles. The Balaban J connectivity index is 1.82. The molecule has 0 aliphatic rings. The third kappa shape index (κ3) is 4.55. The molecule has 0 amide bonds. The second kappa shape index (κ2) is 7.93. The van der Waals surface area contributed by atoms with Crippen LogP contribution in [0.25, 0.3) is 0 Å². The van der Waals surface area contributed by atoms with Crippen LogP contribution in [0.15, 0.2) is 58.1 Å². The number of sulfonamides is 1. The fourth-order valence-electron chi connectivity index (χ4n) is 2.25. The molecule has 3 aromatic rings. The average Bonchev–Trinajstić information content (AvgIpc) is 3.06. The summed E-state index contributed by atoms with van der Waals surface area (Å²) in [6.45, 7) is 1.62. The lowest BCUT2D eigenvalue weighted by Crippen LogP contribution is -2.35. The molecular weight excluding hydrogens is 397 g/mol. The van der Waals surface area contributed by atoms with Crippen LogP contribution in [0, 0.1) is 12.7 Å². The lowest BCUT2D eigenvalue weighted by Gasteiger charge is -2.21. The maximum absolute atomic E-state index is 13.0. The van der Waals surface area contributed by atoms with Crippen LogP contribution in [0.5, 0.6) is 5.75 Å². The van der Waals surface area contributed by atoms with E-state index in [-0.39, 0.29) is 34.8 Å². The van der Waals surface area contributed by atoms with Crippen LogP contribution in [0.3, 0.4) is 0 Å². The smallest absolute Gasteiger partial charge is 0.267 e. The maximum Gasteiger partial charge on any atom is 0.267 e. The largest absolute Gasteiger partial charge is 0.492 e. The number of halogens is 2. The summed E-state index contributed by atoms with van der Waals surface area (Å²) in [5.41, 5.74) is 0.